The summed E-state index contributed by atoms with van der Waals surface area (Å²) in [5.41, 5.74) is 0.371. The second-order valence-electron chi connectivity index (χ2n) is 6.04. The predicted molar refractivity (Wildman–Crippen MR) is 94.6 cm³/mol. The molecule has 0 radical (unpaired) electrons. The van der Waals surface area contributed by atoms with Crippen LogP contribution in [0, 0.1) is 5.92 Å². The highest BCUT2D eigenvalue weighted by atomic mass is 35.5. The summed E-state index contributed by atoms with van der Waals surface area (Å²) in [6, 6.07) is 2.80. The Bertz CT molecular complexity index is 649. The number of carboxylic acids is 1. The highest BCUT2D eigenvalue weighted by Gasteiger charge is 2.38. The van der Waals surface area contributed by atoms with Gasteiger partial charge in [0.1, 0.15) is 0 Å². The van der Waals surface area contributed by atoms with Crippen LogP contribution in [0.15, 0.2) is 12.1 Å². The Balaban J connectivity index is 2.29. The van der Waals surface area contributed by atoms with Crippen molar-refractivity contribution >= 4 is 23.5 Å². The molecule has 0 aliphatic carbocycles. The van der Waals surface area contributed by atoms with E-state index in [1.54, 1.807) is 24.0 Å². The molecule has 1 heterocycles. The molecule has 0 bridgehead atoms. The zero-order chi connectivity index (χ0) is 18.6. The number of amides is 1. The maximum atomic E-state index is 12.8. The SMILES string of the molecule is CCCOc1c(Cl)cc(C(=O)N2CCC(C(=O)O)C2C)cc1OCC. The van der Waals surface area contributed by atoms with E-state index in [4.69, 9.17) is 21.1 Å². The van der Waals surface area contributed by atoms with E-state index < -0.39 is 11.9 Å². The molecule has 1 saturated heterocycles. The number of hydrogen-bond acceptors (Lipinski definition) is 4. The van der Waals surface area contributed by atoms with E-state index in [2.05, 4.69) is 0 Å². The zero-order valence-corrected chi connectivity index (χ0v) is 15.5. The Morgan fingerprint density at radius 3 is 2.60 bits per heavy atom. The van der Waals surface area contributed by atoms with Crippen molar-refractivity contribution in [1.82, 2.24) is 4.90 Å². The number of ether oxygens (including phenoxy) is 2. The van der Waals surface area contributed by atoms with Crippen molar-refractivity contribution in [3.63, 3.8) is 0 Å². The summed E-state index contributed by atoms with van der Waals surface area (Å²) >= 11 is 6.30. The molecule has 6 nitrogen and oxygen atoms in total. The number of carbonyl (C=O) groups is 2. The summed E-state index contributed by atoms with van der Waals surface area (Å²) in [7, 11) is 0. The van der Waals surface area contributed by atoms with E-state index in [0.29, 0.717) is 48.3 Å². The molecule has 2 atom stereocenters. The van der Waals surface area contributed by atoms with Gasteiger partial charge < -0.3 is 19.5 Å². The lowest BCUT2D eigenvalue weighted by Gasteiger charge is -2.24. The molecule has 0 aromatic heterocycles. The summed E-state index contributed by atoms with van der Waals surface area (Å²) < 4.78 is 11.2. The molecule has 2 rings (SSSR count). The monoisotopic (exact) mass is 369 g/mol. The van der Waals surface area contributed by atoms with Crippen molar-refractivity contribution in [3.8, 4) is 11.5 Å². The summed E-state index contributed by atoms with van der Waals surface area (Å²) in [5.74, 6) is -0.813. The topological polar surface area (TPSA) is 76.1 Å². The van der Waals surface area contributed by atoms with Gasteiger partial charge in [-0.05, 0) is 38.8 Å². The first-order chi connectivity index (χ1) is 11.9. The molecule has 1 aromatic rings. The largest absolute Gasteiger partial charge is 0.490 e. The molecule has 2 unspecified atom stereocenters. The minimum Gasteiger partial charge on any atom is -0.490 e. The lowest BCUT2D eigenvalue weighted by atomic mass is 10.0. The first-order valence-corrected chi connectivity index (χ1v) is 8.91. The van der Waals surface area contributed by atoms with E-state index in [0.717, 1.165) is 6.42 Å². The number of nitrogens with zero attached hydrogens (tertiary/aromatic N) is 1. The number of likely N-dealkylation sites (tertiary alicyclic amines) is 1. The first-order valence-electron chi connectivity index (χ1n) is 8.53. The molecule has 0 saturated carbocycles. The normalized spacial score (nSPS) is 19.8. The van der Waals surface area contributed by atoms with E-state index in [1.165, 1.54) is 0 Å². The fourth-order valence-corrected chi connectivity index (χ4v) is 3.29. The summed E-state index contributed by atoms with van der Waals surface area (Å²) in [6.07, 6.45) is 1.27. The molecule has 25 heavy (non-hydrogen) atoms. The number of rotatable bonds is 7. The number of carboxylic acid groups (broad SMARTS) is 1. The van der Waals surface area contributed by atoms with Gasteiger partial charge in [-0.1, -0.05) is 18.5 Å². The van der Waals surface area contributed by atoms with Crippen LogP contribution in [-0.4, -0.2) is 47.7 Å². The molecule has 1 aliphatic heterocycles. The quantitative estimate of drug-likeness (QED) is 0.796. The Morgan fingerprint density at radius 2 is 2.04 bits per heavy atom. The zero-order valence-electron chi connectivity index (χ0n) is 14.8. The molecule has 1 fully saturated rings. The van der Waals surface area contributed by atoms with Gasteiger partial charge in [-0.3, -0.25) is 9.59 Å². The Kier molecular flexibility index (Phi) is 6.53. The highest BCUT2D eigenvalue weighted by molar-refractivity contribution is 6.32. The number of halogens is 1. The van der Waals surface area contributed by atoms with Gasteiger partial charge in [0, 0.05) is 18.2 Å². The highest BCUT2D eigenvalue weighted by Crippen LogP contribution is 2.38. The molecular weight excluding hydrogens is 346 g/mol. The Morgan fingerprint density at radius 1 is 1.32 bits per heavy atom. The minimum absolute atomic E-state index is 0.249. The van der Waals surface area contributed by atoms with Crippen molar-refractivity contribution in [2.45, 2.75) is 39.7 Å². The molecule has 1 aliphatic rings. The van der Waals surface area contributed by atoms with Crippen LogP contribution in [0.25, 0.3) is 0 Å². The third-order valence-electron chi connectivity index (χ3n) is 4.34. The fraction of sp³-hybridized carbons (Fsp3) is 0.556. The number of benzene rings is 1. The maximum absolute atomic E-state index is 12.8. The van der Waals surface area contributed by atoms with Crippen LogP contribution >= 0.6 is 11.6 Å². The molecule has 1 amide bonds. The van der Waals surface area contributed by atoms with Crippen molar-refractivity contribution in [1.29, 1.82) is 0 Å². The van der Waals surface area contributed by atoms with Gasteiger partial charge in [-0.2, -0.15) is 0 Å². The number of carbonyl (C=O) groups excluding carboxylic acids is 1. The Labute approximate surface area is 152 Å². The molecule has 1 aromatic carbocycles. The second kappa shape index (κ2) is 8.43. The van der Waals surface area contributed by atoms with Gasteiger partial charge in [0.2, 0.25) is 0 Å². The van der Waals surface area contributed by atoms with Crippen LogP contribution in [0.1, 0.15) is 44.0 Å². The van der Waals surface area contributed by atoms with Gasteiger partial charge in [0.05, 0.1) is 24.2 Å². The summed E-state index contributed by atoms with van der Waals surface area (Å²) in [5, 5.41) is 9.54. The van der Waals surface area contributed by atoms with Crippen LogP contribution in [0.5, 0.6) is 11.5 Å². The van der Waals surface area contributed by atoms with E-state index >= 15 is 0 Å². The van der Waals surface area contributed by atoms with Crippen LogP contribution in [0.4, 0.5) is 0 Å². The third kappa shape index (κ3) is 4.18. The molecule has 1 N–H and O–H groups in total. The van der Waals surface area contributed by atoms with Crippen LogP contribution < -0.4 is 9.47 Å². The molecule has 7 heteroatoms. The van der Waals surface area contributed by atoms with Gasteiger partial charge in [0.15, 0.2) is 11.5 Å². The first kappa shape index (κ1) is 19.4. The molecule has 138 valence electrons. The van der Waals surface area contributed by atoms with Crippen molar-refractivity contribution in [3.05, 3.63) is 22.7 Å². The van der Waals surface area contributed by atoms with Crippen LogP contribution in [-0.2, 0) is 4.79 Å². The number of hydrogen-bond donors (Lipinski definition) is 1. The fourth-order valence-electron chi connectivity index (χ4n) is 3.02. The van der Waals surface area contributed by atoms with Gasteiger partial charge in [0.25, 0.3) is 5.91 Å². The minimum atomic E-state index is -0.876. The van der Waals surface area contributed by atoms with E-state index in [-0.39, 0.29) is 11.9 Å². The van der Waals surface area contributed by atoms with E-state index in [1.807, 2.05) is 13.8 Å². The maximum Gasteiger partial charge on any atom is 0.308 e. The Hall–Kier alpha value is -1.95. The lowest BCUT2D eigenvalue weighted by molar-refractivity contribution is -0.142. The molecular formula is C18H24ClNO5. The smallest absolute Gasteiger partial charge is 0.308 e. The summed E-state index contributed by atoms with van der Waals surface area (Å²) in [6.45, 7) is 6.90. The van der Waals surface area contributed by atoms with Gasteiger partial charge >= 0.3 is 5.97 Å². The standard InChI is InChI=1S/C18H24ClNO5/c1-4-8-25-16-14(19)9-12(10-15(16)24-5-2)17(21)20-7-6-13(11(20)3)18(22)23/h9-11,13H,4-8H2,1-3H3,(H,22,23). The number of aliphatic carboxylic acids is 1. The average molecular weight is 370 g/mol. The van der Waals surface area contributed by atoms with Gasteiger partial charge in [-0.25, -0.2) is 0 Å². The molecule has 0 spiro atoms. The average Bonchev–Trinajstić information content (AvgIpc) is 2.95. The third-order valence-corrected chi connectivity index (χ3v) is 4.62. The second-order valence-corrected chi connectivity index (χ2v) is 6.45. The van der Waals surface area contributed by atoms with Crippen molar-refractivity contribution in [2.24, 2.45) is 5.92 Å². The van der Waals surface area contributed by atoms with Crippen molar-refractivity contribution in [2.75, 3.05) is 19.8 Å². The van der Waals surface area contributed by atoms with Gasteiger partial charge in [-0.15, -0.1) is 0 Å². The summed E-state index contributed by atoms with van der Waals surface area (Å²) in [4.78, 5) is 25.7. The van der Waals surface area contributed by atoms with Crippen molar-refractivity contribution < 1.29 is 24.2 Å². The lowest BCUT2D eigenvalue weighted by Crippen LogP contribution is -2.37. The van der Waals surface area contributed by atoms with Crippen LogP contribution in [0.2, 0.25) is 5.02 Å². The van der Waals surface area contributed by atoms with Crippen LogP contribution in [0.3, 0.4) is 0 Å². The van der Waals surface area contributed by atoms with E-state index in [9.17, 15) is 14.7 Å². The predicted octanol–water partition coefficient (Wildman–Crippen LogP) is 3.46.